The van der Waals surface area contributed by atoms with Gasteiger partial charge in [0.25, 0.3) is 0 Å². The minimum absolute atomic E-state index is 0.0461. The largest absolute Gasteiger partial charge is 0.506 e. The van der Waals surface area contributed by atoms with Crippen LogP contribution in [0.4, 0.5) is 13.2 Å². The van der Waals surface area contributed by atoms with E-state index in [0.29, 0.717) is 5.02 Å². The minimum Gasteiger partial charge on any atom is -0.506 e. The second kappa shape index (κ2) is 6.66. The number of rotatable bonds is 4. The summed E-state index contributed by atoms with van der Waals surface area (Å²) in [5.74, 6) is -1.72. The first-order chi connectivity index (χ1) is 8.41. The quantitative estimate of drug-likeness (QED) is 0.810. The molecule has 1 rings (SSSR count). The lowest BCUT2D eigenvalue weighted by Crippen LogP contribution is -1.88. The average molecular weight is 298 g/mol. The van der Waals surface area contributed by atoms with E-state index in [9.17, 15) is 18.3 Å². The topological polar surface area (TPSA) is 32.6 Å². The molecule has 0 fully saturated rings. The van der Waals surface area contributed by atoms with Crippen LogP contribution in [0.3, 0.4) is 0 Å². The maximum atomic E-state index is 12.4. The molecular formula is C11H8Cl2F3NO. The molecule has 0 spiro atoms. The van der Waals surface area contributed by atoms with E-state index in [1.807, 2.05) is 0 Å². The third kappa shape index (κ3) is 4.23. The van der Waals surface area contributed by atoms with E-state index < -0.39 is 18.3 Å². The Morgan fingerprint density at radius 1 is 1.28 bits per heavy atom. The molecule has 0 aliphatic heterocycles. The van der Waals surface area contributed by atoms with Crippen LogP contribution in [0.1, 0.15) is 12.0 Å². The van der Waals surface area contributed by atoms with E-state index in [0.717, 1.165) is 0 Å². The zero-order valence-corrected chi connectivity index (χ0v) is 10.4. The van der Waals surface area contributed by atoms with Crippen molar-refractivity contribution in [2.45, 2.75) is 6.42 Å². The van der Waals surface area contributed by atoms with Crippen LogP contribution in [0.5, 0.6) is 5.75 Å². The molecule has 0 aliphatic carbocycles. The van der Waals surface area contributed by atoms with Crippen molar-refractivity contribution in [2.24, 2.45) is 4.99 Å². The highest BCUT2D eigenvalue weighted by atomic mass is 35.5. The predicted molar refractivity (Wildman–Crippen MR) is 65.6 cm³/mol. The number of halogens is 5. The summed E-state index contributed by atoms with van der Waals surface area (Å²) in [6, 6.07) is 2.74. The van der Waals surface area contributed by atoms with Crippen molar-refractivity contribution >= 4 is 29.4 Å². The predicted octanol–water partition coefficient (Wildman–Crippen LogP) is 4.59. The fourth-order valence-corrected chi connectivity index (χ4v) is 1.61. The van der Waals surface area contributed by atoms with Crippen molar-refractivity contribution < 1.29 is 18.3 Å². The Kier molecular flexibility index (Phi) is 5.50. The number of phenolic OH excluding ortho intramolecular Hbond substituents is 1. The van der Waals surface area contributed by atoms with Crippen LogP contribution in [0, 0.1) is 0 Å². The Morgan fingerprint density at radius 2 is 1.94 bits per heavy atom. The van der Waals surface area contributed by atoms with E-state index in [-0.39, 0.29) is 22.9 Å². The molecule has 0 heterocycles. The van der Waals surface area contributed by atoms with Gasteiger partial charge in [0.15, 0.2) is 5.83 Å². The van der Waals surface area contributed by atoms with Crippen molar-refractivity contribution in [3.8, 4) is 5.75 Å². The molecule has 0 aliphatic rings. The molecule has 7 heteroatoms. The molecule has 0 saturated carbocycles. The van der Waals surface area contributed by atoms with Crippen molar-refractivity contribution in [3.05, 3.63) is 39.6 Å². The van der Waals surface area contributed by atoms with Gasteiger partial charge in [0, 0.05) is 29.8 Å². The summed E-state index contributed by atoms with van der Waals surface area (Å²) in [5.41, 5.74) is 0.234. The lowest BCUT2D eigenvalue weighted by Gasteiger charge is -2.02. The van der Waals surface area contributed by atoms with Crippen LogP contribution in [-0.4, -0.2) is 17.9 Å². The maximum Gasteiger partial charge on any atom is 0.301 e. The fourth-order valence-electron chi connectivity index (χ4n) is 1.10. The van der Waals surface area contributed by atoms with Crippen LogP contribution in [-0.2, 0) is 0 Å². The smallest absolute Gasteiger partial charge is 0.301 e. The molecule has 98 valence electrons. The molecule has 18 heavy (non-hydrogen) atoms. The molecule has 0 saturated heterocycles. The molecule has 0 amide bonds. The van der Waals surface area contributed by atoms with Gasteiger partial charge >= 0.3 is 6.08 Å². The van der Waals surface area contributed by atoms with Gasteiger partial charge in [-0.2, -0.15) is 8.78 Å². The summed E-state index contributed by atoms with van der Waals surface area (Å²) >= 11 is 11.4. The average Bonchev–Trinajstić information content (AvgIpc) is 2.29. The summed E-state index contributed by atoms with van der Waals surface area (Å²) in [5, 5.41) is 9.87. The lowest BCUT2D eigenvalue weighted by atomic mass is 10.2. The van der Waals surface area contributed by atoms with E-state index in [1.165, 1.54) is 18.3 Å². The number of hydrogen-bond acceptors (Lipinski definition) is 2. The summed E-state index contributed by atoms with van der Waals surface area (Å²) in [7, 11) is 0. The van der Waals surface area contributed by atoms with Gasteiger partial charge in [-0.05, 0) is 12.1 Å². The van der Waals surface area contributed by atoms with E-state index in [1.54, 1.807) is 0 Å². The van der Waals surface area contributed by atoms with Crippen LogP contribution in [0.25, 0.3) is 0 Å². The monoisotopic (exact) mass is 297 g/mol. The molecular weight excluding hydrogens is 290 g/mol. The van der Waals surface area contributed by atoms with Crippen LogP contribution in [0.15, 0.2) is 29.0 Å². The Hall–Kier alpha value is -1.20. The third-order valence-electron chi connectivity index (χ3n) is 1.95. The molecule has 1 aromatic carbocycles. The van der Waals surface area contributed by atoms with Gasteiger partial charge in [0.1, 0.15) is 5.75 Å². The van der Waals surface area contributed by atoms with Gasteiger partial charge in [-0.1, -0.05) is 23.2 Å². The molecule has 0 radical (unpaired) electrons. The van der Waals surface area contributed by atoms with Gasteiger partial charge < -0.3 is 5.11 Å². The van der Waals surface area contributed by atoms with Gasteiger partial charge in [0.05, 0.1) is 5.02 Å². The highest BCUT2D eigenvalue weighted by Gasteiger charge is 2.06. The molecule has 0 unspecified atom stereocenters. The number of nitrogens with zero attached hydrogens (tertiary/aromatic N) is 1. The van der Waals surface area contributed by atoms with E-state index in [4.69, 9.17) is 23.2 Å². The van der Waals surface area contributed by atoms with E-state index >= 15 is 0 Å². The van der Waals surface area contributed by atoms with Crippen molar-refractivity contribution in [1.82, 2.24) is 0 Å². The maximum absolute atomic E-state index is 12.4. The number of phenols is 1. The second-order valence-electron chi connectivity index (χ2n) is 3.28. The van der Waals surface area contributed by atoms with Gasteiger partial charge in [-0.15, -0.1) is 0 Å². The van der Waals surface area contributed by atoms with Crippen molar-refractivity contribution in [1.29, 1.82) is 0 Å². The first kappa shape index (κ1) is 14.9. The Bertz CT molecular complexity index is 499. The van der Waals surface area contributed by atoms with Gasteiger partial charge in [-0.25, -0.2) is 4.39 Å². The molecule has 0 atom stereocenters. The molecule has 0 bridgehead atoms. The summed E-state index contributed by atoms with van der Waals surface area (Å²) in [6.45, 7) is -0.174. The van der Waals surface area contributed by atoms with Gasteiger partial charge in [-0.3, -0.25) is 4.99 Å². The fraction of sp³-hybridized carbons (Fsp3) is 0.182. The van der Waals surface area contributed by atoms with E-state index in [2.05, 4.69) is 4.99 Å². The summed E-state index contributed by atoms with van der Waals surface area (Å²) in [4.78, 5) is 3.70. The highest BCUT2D eigenvalue weighted by molar-refractivity contribution is 6.36. The number of benzene rings is 1. The lowest BCUT2D eigenvalue weighted by molar-refractivity contribution is 0.371. The zero-order chi connectivity index (χ0) is 13.7. The number of hydrogen-bond donors (Lipinski definition) is 1. The highest BCUT2D eigenvalue weighted by Crippen LogP contribution is 2.30. The number of aromatic hydroxyl groups is 1. The Labute approximate surface area is 111 Å². The SMILES string of the molecule is Oc1c(Cl)cc(Cl)cc1/C=N/CCC(F)=C(F)F. The molecule has 0 aromatic heterocycles. The molecule has 2 nitrogen and oxygen atoms in total. The Morgan fingerprint density at radius 3 is 2.56 bits per heavy atom. The van der Waals surface area contributed by atoms with Crippen molar-refractivity contribution in [3.63, 3.8) is 0 Å². The normalized spacial score (nSPS) is 10.9. The second-order valence-corrected chi connectivity index (χ2v) is 4.12. The molecule has 1 aromatic rings. The van der Waals surface area contributed by atoms with Gasteiger partial charge in [0.2, 0.25) is 0 Å². The first-order valence-corrected chi connectivity index (χ1v) is 5.55. The molecule has 1 N–H and O–H groups in total. The summed E-state index contributed by atoms with van der Waals surface area (Å²) in [6.07, 6.45) is -1.66. The summed E-state index contributed by atoms with van der Waals surface area (Å²) < 4.78 is 35.9. The third-order valence-corrected chi connectivity index (χ3v) is 2.46. The Balaban J connectivity index is 2.71. The zero-order valence-electron chi connectivity index (χ0n) is 8.93. The van der Waals surface area contributed by atoms with Crippen LogP contribution >= 0.6 is 23.2 Å². The first-order valence-electron chi connectivity index (χ1n) is 4.79. The van der Waals surface area contributed by atoms with Crippen LogP contribution in [0.2, 0.25) is 10.0 Å². The standard InChI is InChI=1S/C11H8Cl2F3NO/c12-7-3-6(10(18)8(13)4-7)5-17-2-1-9(14)11(15)16/h3-5,18H,1-2H2/b17-5+. The number of aliphatic imine (C=N–C) groups is 1. The van der Waals surface area contributed by atoms with Crippen molar-refractivity contribution in [2.75, 3.05) is 6.54 Å². The van der Waals surface area contributed by atoms with Crippen LogP contribution < -0.4 is 0 Å². The minimum atomic E-state index is -2.35.